The van der Waals surface area contributed by atoms with E-state index in [4.69, 9.17) is 0 Å². The van der Waals surface area contributed by atoms with E-state index in [1.165, 1.54) is 55.4 Å². The average molecular weight is 270 g/mol. The average Bonchev–Trinajstić information content (AvgIpc) is 2.35. The van der Waals surface area contributed by atoms with Crippen LogP contribution >= 0.6 is 0 Å². The van der Waals surface area contributed by atoms with Gasteiger partial charge in [0.2, 0.25) is 0 Å². The van der Waals surface area contributed by atoms with Gasteiger partial charge in [-0.1, -0.05) is 57.0 Å². The number of quaternary nitrogens is 1. The van der Waals surface area contributed by atoms with Gasteiger partial charge in [0, 0.05) is 5.56 Å². The van der Waals surface area contributed by atoms with E-state index in [9.17, 15) is 0 Å². The molecule has 0 saturated carbocycles. The summed E-state index contributed by atoms with van der Waals surface area (Å²) >= 11 is 0. The molecule has 0 N–H and O–H groups in total. The summed E-state index contributed by atoms with van der Waals surface area (Å²) < 4.78 is 1.20. The maximum absolute atomic E-state index is 2.42. The lowest BCUT2D eigenvalue weighted by Crippen LogP contribution is -3.00. The summed E-state index contributed by atoms with van der Waals surface area (Å²) in [6.45, 7) is 8.37. The summed E-state index contributed by atoms with van der Waals surface area (Å²) in [5.41, 5.74) is 1.47. The van der Waals surface area contributed by atoms with Crippen LogP contribution in [0.15, 0.2) is 30.3 Å². The Bertz CT molecular complexity index is 289. The second-order valence-corrected chi connectivity index (χ2v) is 5.42. The monoisotopic (exact) mass is 269 g/mol. The van der Waals surface area contributed by atoms with Gasteiger partial charge in [-0.15, -0.1) is 0 Å². The lowest BCUT2D eigenvalue weighted by molar-refractivity contribution is -0.923. The van der Waals surface area contributed by atoms with E-state index in [1.54, 1.807) is 0 Å². The first-order valence-corrected chi connectivity index (χ1v) is 7.07. The van der Waals surface area contributed by atoms with Crippen molar-refractivity contribution in [1.82, 2.24) is 0 Å². The summed E-state index contributed by atoms with van der Waals surface area (Å²) in [6, 6.07) is 10.9. The molecule has 0 saturated heterocycles. The van der Waals surface area contributed by atoms with Gasteiger partial charge in [0.15, 0.2) is 0 Å². The minimum atomic E-state index is 0. The molecule has 1 aromatic carbocycles. The van der Waals surface area contributed by atoms with Crippen LogP contribution in [0.4, 0.5) is 0 Å². The Morgan fingerprint density at radius 3 is 1.83 bits per heavy atom. The van der Waals surface area contributed by atoms with Crippen LogP contribution in [-0.2, 0) is 6.54 Å². The molecule has 0 heterocycles. The molecule has 1 aromatic rings. The fourth-order valence-electron chi connectivity index (χ4n) is 2.37. The Morgan fingerprint density at radius 2 is 1.39 bits per heavy atom. The van der Waals surface area contributed by atoms with Crippen molar-refractivity contribution in [3.05, 3.63) is 35.9 Å². The first-order valence-electron chi connectivity index (χ1n) is 7.07. The van der Waals surface area contributed by atoms with Gasteiger partial charge in [-0.3, -0.25) is 0 Å². The molecule has 0 aromatic heterocycles. The molecule has 0 amide bonds. The van der Waals surface area contributed by atoms with Crippen LogP contribution in [0.1, 0.15) is 45.1 Å². The third kappa shape index (κ3) is 6.42. The van der Waals surface area contributed by atoms with Crippen molar-refractivity contribution < 1.29 is 16.9 Å². The fraction of sp³-hybridized carbons (Fsp3) is 0.625. The maximum atomic E-state index is 2.42. The number of halogens is 1. The molecule has 0 fully saturated rings. The number of rotatable bonds is 8. The van der Waals surface area contributed by atoms with E-state index in [0.717, 1.165) is 0 Å². The standard InChI is InChI=1S/C16H28N.ClH/c1-4-6-13-17(3,14-7-5-2)15-16-11-9-8-10-12-16;/h8-12H,4-7,13-15H2,1-3H3;1H/q+1;/p-1. The zero-order valence-electron chi connectivity index (χ0n) is 12.2. The van der Waals surface area contributed by atoms with E-state index in [2.05, 4.69) is 51.2 Å². The van der Waals surface area contributed by atoms with Crippen molar-refractivity contribution in [1.29, 1.82) is 0 Å². The molecule has 0 unspecified atom stereocenters. The highest BCUT2D eigenvalue weighted by Crippen LogP contribution is 2.15. The first kappa shape index (κ1) is 17.5. The quantitative estimate of drug-likeness (QED) is 0.623. The third-order valence-electron chi connectivity index (χ3n) is 3.51. The SMILES string of the molecule is CCCC[N+](C)(CCCC)Cc1ccccc1.[Cl-]. The van der Waals surface area contributed by atoms with Crippen LogP contribution in [0.25, 0.3) is 0 Å². The van der Waals surface area contributed by atoms with Crippen molar-refractivity contribution in [3.63, 3.8) is 0 Å². The van der Waals surface area contributed by atoms with Gasteiger partial charge in [0.1, 0.15) is 6.54 Å². The summed E-state index contributed by atoms with van der Waals surface area (Å²) in [6.07, 6.45) is 5.28. The highest BCUT2D eigenvalue weighted by molar-refractivity contribution is 5.13. The fourth-order valence-corrected chi connectivity index (χ4v) is 2.37. The predicted molar refractivity (Wildman–Crippen MR) is 75.9 cm³/mol. The van der Waals surface area contributed by atoms with Crippen LogP contribution in [0.5, 0.6) is 0 Å². The zero-order valence-corrected chi connectivity index (χ0v) is 12.9. The summed E-state index contributed by atoms with van der Waals surface area (Å²) in [7, 11) is 2.42. The molecule has 0 aliphatic heterocycles. The minimum absolute atomic E-state index is 0. The van der Waals surface area contributed by atoms with E-state index in [-0.39, 0.29) is 12.4 Å². The van der Waals surface area contributed by atoms with Crippen molar-refractivity contribution in [2.75, 3.05) is 20.1 Å². The number of benzene rings is 1. The normalized spacial score (nSPS) is 11.1. The number of nitrogens with zero attached hydrogens (tertiary/aromatic N) is 1. The topological polar surface area (TPSA) is 0 Å². The molecule has 1 rings (SSSR count). The third-order valence-corrected chi connectivity index (χ3v) is 3.51. The molecule has 0 atom stereocenters. The van der Waals surface area contributed by atoms with Gasteiger partial charge in [-0.05, 0) is 12.8 Å². The summed E-state index contributed by atoms with van der Waals surface area (Å²) in [4.78, 5) is 0. The van der Waals surface area contributed by atoms with Gasteiger partial charge < -0.3 is 16.9 Å². The van der Waals surface area contributed by atoms with Crippen molar-refractivity contribution in [3.8, 4) is 0 Å². The minimum Gasteiger partial charge on any atom is -1.00 e. The van der Waals surface area contributed by atoms with Crippen molar-refractivity contribution in [2.45, 2.75) is 46.1 Å². The Labute approximate surface area is 119 Å². The smallest absolute Gasteiger partial charge is 0.104 e. The Kier molecular flexibility index (Phi) is 9.13. The van der Waals surface area contributed by atoms with Crippen LogP contribution in [0, 0.1) is 0 Å². The molecule has 0 bridgehead atoms. The second-order valence-electron chi connectivity index (χ2n) is 5.42. The van der Waals surface area contributed by atoms with Crippen molar-refractivity contribution >= 4 is 0 Å². The lowest BCUT2D eigenvalue weighted by Gasteiger charge is -2.35. The lowest BCUT2D eigenvalue weighted by atomic mass is 10.1. The maximum Gasteiger partial charge on any atom is 0.104 e. The molecule has 104 valence electrons. The molecule has 0 radical (unpaired) electrons. The second kappa shape index (κ2) is 9.41. The predicted octanol–water partition coefficient (Wildman–Crippen LogP) is 1.24. The van der Waals surface area contributed by atoms with Crippen LogP contribution in [-0.4, -0.2) is 24.6 Å². The Balaban J connectivity index is 0.00000289. The largest absolute Gasteiger partial charge is 1.00 e. The Morgan fingerprint density at radius 1 is 0.889 bits per heavy atom. The zero-order chi connectivity index (χ0) is 12.6. The van der Waals surface area contributed by atoms with E-state index in [1.807, 2.05) is 0 Å². The molecule has 0 aliphatic rings. The molecule has 1 nitrogen and oxygen atoms in total. The van der Waals surface area contributed by atoms with E-state index >= 15 is 0 Å². The summed E-state index contributed by atoms with van der Waals surface area (Å²) in [5.74, 6) is 0. The van der Waals surface area contributed by atoms with Gasteiger partial charge in [-0.2, -0.15) is 0 Å². The van der Waals surface area contributed by atoms with Gasteiger partial charge in [0.25, 0.3) is 0 Å². The van der Waals surface area contributed by atoms with Crippen LogP contribution in [0.2, 0.25) is 0 Å². The number of unbranched alkanes of at least 4 members (excludes halogenated alkanes) is 2. The van der Waals surface area contributed by atoms with Crippen LogP contribution < -0.4 is 12.4 Å². The Hall–Kier alpha value is -0.530. The van der Waals surface area contributed by atoms with Gasteiger partial charge in [0.05, 0.1) is 20.1 Å². The number of hydrogen-bond donors (Lipinski definition) is 0. The summed E-state index contributed by atoms with van der Waals surface area (Å²) in [5, 5.41) is 0. The van der Waals surface area contributed by atoms with Gasteiger partial charge in [-0.25, -0.2) is 0 Å². The molecule has 2 heteroatoms. The highest BCUT2D eigenvalue weighted by Gasteiger charge is 2.20. The first-order chi connectivity index (χ1) is 8.20. The molecule has 0 aliphatic carbocycles. The molecule has 0 spiro atoms. The van der Waals surface area contributed by atoms with Crippen molar-refractivity contribution in [2.24, 2.45) is 0 Å². The van der Waals surface area contributed by atoms with E-state index < -0.39 is 0 Å². The van der Waals surface area contributed by atoms with Gasteiger partial charge >= 0.3 is 0 Å². The molecular weight excluding hydrogens is 242 g/mol. The van der Waals surface area contributed by atoms with E-state index in [0.29, 0.717) is 0 Å². The molecular formula is C16H28ClN. The van der Waals surface area contributed by atoms with Crippen LogP contribution in [0.3, 0.4) is 0 Å². The molecule has 18 heavy (non-hydrogen) atoms. The number of hydrogen-bond acceptors (Lipinski definition) is 0. The highest BCUT2D eigenvalue weighted by atomic mass is 35.5.